The van der Waals surface area contributed by atoms with Gasteiger partial charge in [0.15, 0.2) is 5.78 Å². The van der Waals surface area contributed by atoms with Gasteiger partial charge in [0, 0.05) is 14.5 Å². The van der Waals surface area contributed by atoms with Crippen molar-refractivity contribution >= 4 is 69.5 Å². The van der Waals surface area contributed by atoms with Crippen LogP contribution in [0.3, 0.4) is 0 Å². The van der Waals surface area contributed by atoms with E-state index in [1.807, 2.05) is 6.07 Å². The number of benzene rings is 1. The summed E-state index contributed by atoms with van der Waals surface area (Å²) < 4.78 is 1.43. The van der Waals surface area contributed by atoms with Gasteiger partial charge in [0.1, 0.15) is 3.74 Å². The number of carbonyl (C=O) groups is 1. The first-order chi connectivity index (χ1) is 6.00. The number of Topliss-reactive ketones (excluding diaryl/α,β-unsaturated/α-hetero) is 1. The zero-order chi connectivity index (χ0) is 10.0. The molecule has 0 bridgehead atoms. The molecule has 1 aromatic rings. The Bertz CT molecular complexity index is 315. The minimum absolute atomic E-state index is 0.00185. The lowest BCUT2D eigenvalue weighted by Gasteiger charge is -2.02. The van der Waals surface area contributed by atoms with Crippen LogP contribution in [-0.4, -0.2) is 9.52 Å². The maximum Gasteiger partial charge on any atom is 0.187 e. The number of rotatable bonds is 2. The van der Waals surface area contributed by atoms with E-state index in [1.165, 1.54) is 0 Å². The molecular formula is C8H4Br4O. The van der Waals surface area contributed by atoms with E-state index in [4.69, 9.17) is 0 Å². The minimum Gasteiger partial charge on any atom is -0.292 e. The van der Waals surface area contributed by atoms with Crippen molar-refractivity contribution in [3.05, 3.63) is 32.7 Å². The summed E-state index contributed by atoms with van der Waals surface area (Å²) in [6, 6.07) is 5.44. The van der Waals surface area contributed by atoms with Gasteiger partial charge < -0.3 is 0 Å². The summed E-state index contributed by atoms with van der Waals surface area (Å²) >= 11 is 13.0. The number of carbonyl (C=O) groups excluding carboxylic acids is 1. The number of hydrogen-bond acceptors (Lipinski definition) is 1. The summed E-state index contributed by atoms with van der Waals surface area (Å²) in [6.45, 7) is 0. The fourth-order valence-corrected chi connectivity index (χ4v) is 2.64. The Balaban J connectivity index is 3.08. The molecule has 0 saturated carbocycles. The second-order valence-corrected chi connectivity index (χ2v) is 7.21. The summed E-state index contributed by atoms with van der Waals surface area (Å²) in [5.74, 6) is 0.00185. The molecule has 0 fully saturated rings. The van der Waals surface area contributed by atoms with Gasteiger partial charge in [0.05, 0.1) is 0 Å². The molecule has 0 heterocycles. The Labute approximate surface area is 110 Å². The van der Waals surface area contributed by atoms with Gasteiger partial charge in [-0.05, 0) is 18.2 Å². The SMILES string of the molecule is O=C(c1cc(Br)cc(Br)c1)C(Br)Br. The number of halogens is 4. The van der Waals surface area contributed by atoms with Crippen LogP contribution in [0.15, 0.2) is 27.1 Å². The first kappa shape index (κ1) is 11.9. The first-order valence-corrected chi connectivity index (χ1v) is 6.71. The van der Waals surface area contributed by atoms with Crippen LogP contribution in [0.5, 0.6) is 0 Å². The van der Waals surface area contributed by atoms with Crippen molar-refractivity contribution in [2.75, 3.05) is 0 Å². The monoisotopic (exact) mass is 432 g/mol. The topological polar surface area (TPSA) is 17.1 Å². The van der Waals surface area contributed by atoms with Gasteiger partial charge in [-0.3, -0.25) is 4.79 Å². The molecule has 13 heavy (non-hydrogen) atoms. The van der Waals surface area contributed by atoms with E-state index in [2.05, 4.69) is 63.7 Å². The predicted octanol–water partition coefficient (Wildman–Crippen LogP) is 4.51. The molecule has 0 N–H and O–H groups in total. The molecule has 0 aromatic heterocycles. The highest BCUT2D eigenvalue weighted by Crippen LogP contribution is 2.23. The van der Waals surface area contributed by atoms with Gasteiger partial charge >= 0.3 is 0 Å². The number of ketones is 1. The maximum atomic E-state index is 11.5. The van der Waals surface area contributed by atoms with Crippen LogP contribution in [-0.2, 0) is 0 Å². The second kappa shape index (κ2) is 5.05. The van der Waals surface area contributed by atoms with Crippen LogP contribution in [0.25, 0.3) is 0 Å². The van der Waals surface area contributed by atoms with Crippen molar-refractivity contribution in [2.45, 2.75) is 3.74 Å². The summed E-state index contributed by atoms with van der Waals surface area (Å²) in [7, 11) is 0. The van der Waals surface area contributed by atoms with Gasteiger partial charge in [-0.25, -0.2) is 0 Å². The highest BCUT2D eigenvalue weighted by Gasteiger charge is 2.13. The molecule has 0 unspecified atom stereocenters. The van der Waals surface area contributed by atoms with Crippen LogP contribution < -0.4 is 0 Å². The standard InChI is InChI=1S/C8H4Br4O/c9-5-1-4(2-6(10)3-5)7(13)8(11)12/h1-3,8H. The minimum atomic E-state index is -0.332. The Morgan fingerprint density at radius 2 is 1.54 bits per heavy atom. The van der Waals surface area contributed by atoms with E-state index >= 15 is 0 Å². The van der Waals surface area contributed by atoms with Crippen LogP contribution in [0.4, 0.5) is 0 Å². The molecule has 1 aromatic carbocycles. The maximum absolute atomic E-state index is 11.5. The van der Waals surface area contributed by atoms with Gasteiger partial charge in [-0.1, -0.05) is 63.7 Å². The normalized spacial score (nSPS) is 10.5. The lowest BCUT2D eigenvalue weighted by atomic mass is 10.2. The van der Waals surface area contributed by atoms with Gasteiger partial charge in [0.25, 0.3) is 0 Å². The Morgan fingerprint density at radius 1 is 1.08 bits per heavy atom. The fourth-order valence-electron chi connectivity index (χ4n) is 0.822. The van der Waals surface area contributed by atoms with E-state index < -0.39 is 0 Å². The lowest BCUT2D eigenvalue weighted by molar-refractivity contribution is 0.101. The van der Waals surface area contributed by atoms with Gasteiger partial charge in [-0.15, -0.1) is 0 Å². The largest absolute Gasteiger partial charge is 0.292 e. The summed E-state index contributed by atoms with van der Waals surface area (Å²) in [5.41, 5.74) is 0.653. The molecule has 0 saturated heterocycles. The summed E-state index contributed by atoms with van der Waals surface area (Å²) in [6.07, 6.45) is 0. The second-order valence-electron chi connectivity index (χ2n) is 2.32. The molecule has 0 aliphatic rings. The molecule has 1 nitrogen and oxygen atoms in total. The lowest BCUT2D eigenvalue weighted by Crippen LogP contribution is -2.06. The molecule has 0 radical (unpaired) electrons. The Hall–Kier alpha value is 0.810. The summed E-state index contributed by atoms with van der Waals surface area (Å²) in [4.78, 5) is 11.5. The zero-order valence-electron chi connectivity index (χ0n) is 6.23. The van der Waals surface area contributed by atoms with E-state index in [-0.39, 0.29) is 9.52 Å². The van der Waals surface area contributed by atoms with E-state index in [1.54, 1.807) is 12.1 Å². The van der Waals surface area contributed by atoms with E-state index in [0.29, 0.717) is 5.56 Å². The van der Waals surface area contributed by atoms with Crippen molar-refractivity contribution in [3.63, 3.8) is 0 Å². The molecule has 0 atom stereocenters. The van der Waals surface area contributed by atoms with Gasteiger partial charge in [0.2, 0.25) is 0 Å². The molecule has 0 amide bonds. The molecular weight excluding hydrogens is 432 g/mol. The Morgan fingerprint density at radius 3 is 1.92 bits per heavy atom. The van der Waals surface area contributed by atoms with Crippen molar-refractivity contribution < 1.29 is 4.79 Å². The van der Waals surface area contributed by atoms with Crippen molar-refractivity contribution in [3.8, 4) is 0 Å². The highest BCUT2D eigenvalue weighted by molar-refractivity contribution is 9.25. The van der Waals surface area contributed by atoms with Crippen LogP contribution >= 0.6 is 63.7 Å². The molecule has 70 valence electrons. The quantitative estimate of drug-likeness (QED) is 0.493. The van der Waals surface area contributed by atoms with Crippen molar-refractivity contribution in [1.82, 2.24) is 0 Å². The molecule has 5 heteroatoms. The third-order valence-corrected chi connectivity index (χ3v) is 3.09. The van der Waals surface area contributed by atoms with Crippen LogP contribution in [0, 0.1) is 0 Å². The molecule has 0 spiro atoms. The highest BCUT2D eigenvalue weighted by atomic mass is 79.9. The number of alkyl halides is 2. The van der Waals surface area contributed by atoms with E-state index in [9.17, 15) is 4.79 Å². The average molecular weight is 436 g/mol. The number of hydrogen-bond donors (Lipinski definition) is 0. The Kier molecular flexibility index (Phi) is 4.62. The molecule has 0 aliphatic heterocycles. The molecule has 1 rings (SSSR count). The molecule has 0 aliphatic carbocycles. The van der Waals surface area contributed by atoms with E-state index in [0.717, 1.165) is 8.95 Å². The first-order valence-electron chi connectivity index (χ1n) is 3.29. The van der Waals surface area contributed by atoms with Gasteiger partial charge in [-0.2, -0.15) is 0 Å². The van der Waals surface area contributed by atoms with Crippen LogP contribution in [0.1, 0.15) is 10.4 Å². The average Bonchev–Trinajstić information content (AvgIpc) is 2.01. The summed E-state index contributed by atoms with van der Waals surface area (Å²) in [5, 5.41) is 0. The van der Waals surface area contributed by atoms with Crippen LogP contribution in [0.2, 0.25) is 0 Å². The smallest absolute Gasteiger partial charge is 0.187 e. The third-order valence-electron chi connectivity index (χ3n) is 1.35. The fraction of sp³-hybridized carbons (Fsp3) is 0.125. The zero-order valence-corrected chi connectivity index (χ0v) is 12.6. The van der Waals surface area contributed by atoms with Crippen molar-refractivity contribution in [2.24, 2.45) is 0 Å². The van der Waals surface area contributed by atoms with Crippen molar-refractivity contribution in [1.29, 1.82) is 0 Å². The predicted molar refractivity (Wildman–Crippen MR) is 67.8 cm³/mol. The third kappa shape index (κ3) is 3.46.